The van der Waals surface area contributed by atoms with Crippen molar-refractivity contribution in [2.45, 2.75) is 65.0 Å². The molecule has 29 heavy (non-hydrogen) atoms. The molecule has 4 rings (SSSR count). The largest absolute Gasteiger partial charge is 0.344 e. The minimum absolute atomic E-state index is 0.131. The van der Waals surface area contributed by atoms with E-state index in [4.69, 9.17) is 16.6 Å². The molecule has 0 aromatic carbocycles. The second kappa shape index (κ2) is 8.15. The smallest absolute Gasteiger partial charge is 0.253 e. The van der Waals surface area contributed by atoms with E-state index in [0.717, 1.165) is 54.6 Å². The van der Waals surface area contributed by atoms with Gasteiger partial charge in [-0.05, 0) is 62.4 Å². The molecule has 5 nitrogen and oxygen atoms in total. The van der Waals surface area contributed by atoms with E-state index in [-0.39, 0.29) is 11.9 Å². The maximum absolute atomic E-state index is 12.9. The van der Waals surface area contributed by atoms with Crippen LogP contribution in [0.5, 0.6) is 0 Å². The molecule has 1 N–H and O–H groups in total. The molecule has 0 aliphatic carbocycles. The molecule has 6 heteroatoms. The fourth-order valence-electron chi connectivity index (χ4n) is 4.08. The van der Waals surface area contributed by atoms with Gasteiger partial charge in [0.15, 0.2) is 0 Å². The van der Waals surface area contributed by atoms with Gasteiger partial charge < -0.3 is 9.88 Å². The van der Waals surface area contributed by atoms with E-state index in [1.54, 1.807) is 12.1 Å². The van der Waals surface area contributed by atoms with Gasteiger partial charge in [-0.3, -0.25) is 4.79 Å². The van der Waals surface area contributed by atoms with Crippen LogP contribution < -0.4 is 5.32 Å². The number of amides is 1. The molecular formula is C23H27ClN4O. The van der Waals surface area contributed by atoms with Gasteiger partial charge in [0.25, 0.3) is 5.91 Å². The van der Waals surface area contributed by atoms with Gasteiger partial charge in [-0.25, -0.2) is 9.97 Å². The Bertz CT molecular complexity index is 1060. The van der Waals surface area contributed by atoms with E-state index < -0.39 is 0 Å². The summed E-state index contributed by atoms with van der Waals surface area (Å²) < 4.78 is 2.35. The van der Waals surface area contributed by atoms with Crippen molar-refractivity contribution in [2.75, 3.05) is 0 Å². The fourth-order valence-corrected chi connectivity index (χ4v) is 4.24. The summed E-state index contributed by atoms with van der Waals surface area (Å²) in [5.41, 5.74) is 4.56. The van der Waals surface area contributed by atoms with Gasteiger partial charge in [-0.15, -0.1) is 0 Å². The second-order valence-electron chi connectivity index (χ2n) is 8.16. The molecule has 0 fully saturated rings. The van der Waals surface area contributed by atoms with Gasteiger partial charge in [0, 0.05) is 17.6 Å². The molecule has 1 atom stereocenters. The Hall–Kier alpha value is -2.40. The summed E-state index contributed by atoms with van der Waals surface area (Å²) in [5, 5.41) is 4.67. The molecule has 1 aliphatic heterocycles. The predicted molar refractivity (Wildman–Crippen MR) is 117 cm³/mol. The highest BCUT2D eigenvalue weighted by atomic mass is 35.5. The van der Waals surface area contributed by atoms with Crippen LogP contribution in [-0.2, 0) is 13.0 Å². The molecule has 1 unspecified atom stereocenters. The summed E-state index contributed by atoms with van der Waals surface area (Å²) in [5.74, 6) is 0.302. The van der Waals surface area contributed by atoms with E-state index in [0.29, 0.717) is 16.6 Å². The van der Waals surface area contributed by atoms with Crippen molar-refractivity contribution in [3.63, 3.8) is 0 Å². The molecule has 2 bridgehead atoms. The van der Waals surface area contributed by atoms with Crippen LogP contribution in [0.4, 0.5) is 0 Å². The lowest BCUT2D eigenvalue weighted by molar-refractivity contribution is 0.0937. The molecule has 1 aliphatic rings. The third kappa shape index (κ3) is 4.01. The minimum atomic E-state index is -0.204. The standard InChI is InChI=1S/C23H27ClN4O/c1-14(2)20-13-16-8-10-18-15(3)25-23(29)17-9-11-21(24)26-19(17)7-5-4-6-12-28(20)22(16)27-18/h8-11,13-15H,4-7,12H2,1-3H3,(H,25,29). The van der Waals surface area contributed by atoms with E-state index in [9.17, 15) is 4.79 Å². The summed E-state index contributed by atoms with van der Waals surface area (Å²) in [7, 11) is 0. The van der Waals surface area contributed by atoms with E-state index >= 15 is 0 Å². The zero-order valence-electron chi connectivity index (χ0n) is 17.2. The first kappa shape index (κ1) is 19.9. The number of hydrogen-bond donors (Lipinski definition) is 1. The lowest BCUT2D eigenvalue weighted by atomic mass is 10.1. The van der Waals surface area contributed by atoms with Crippen molar-refractivity contribution in [2.24, 2.45) is 0 Å². The number of fused-ring (bicyclic) bond motifs is 2. The zero-order valence-corrected chi connectivity index (χ0v) is 18.0. The van der Waals surface area contributed by atoms with Crippen LogP contribution >= 0.6 is 11.6 Å². The Morgan fingerprint density at radius 3 is 2.76 bits per heavy atom. The van der Waals surface area contributed by atoms with Crippen LogP contribution in [0.15, 0.2) is 30.3 Å². The number of nitrogens with one attached hydrogen (secondary N) is 1. The van der Waals surface area contributed by atoms with Crippen molar-refractivity contribution in [3.05, 3.63) is 58.1 Å². The molecule has 152 valence electrons. The van der Waals surface area contributed by atoms with Crippen molar-refractivity contribution in [1.82, 2.24) is 19.9 Å². The lowest BCUT2D eigenvalue weighted by Gasteiger charge is -2.17. The number of carbonyl (C=O) groups excluding carboxylic acids is 1. The van der Waals surface area contributed by atoms with Gasteiger partial charge in [-0.2, -0.15) is 0 Å². The maximum Gasteiger partial charge on any atom is 0.253 e. The average molecular weight is 411 g/mol. The Morgan fingerprint density at radius 1 is 1.14 bits per heavy atom. The lowest BCUT2D eigenvalue weighted by Crippen LogP contribution is -2.28. The molecule has 3 aromatic heterocycles. The van der Waals surface area contributed by atoms with Gasteiger partial charge in [0.1, 0.15) is 10.8 Å². The van der Waals surface area contributed by atoms with Crippen molar-refractivity contribution in [1.29, 1.82) is 0 Å². The third-order valence-corrected chi connectivity index (χ3v) is 5.87. The van der Waals surface area contributed by atoms with Crippen LogP contribution in [0, 0.1) is 0 Å². The second-order valence-corrected chi connectivity index (χ2v) is 8.55. The normalized spacial score (nSPS) is 18.0. The van der Waals surface area contributed by atoms with Crippen LogP contribution in [0.25, 0.3) is 11.0 Å². The fraction of sp³-hybridized carbons (Fsp3) is 0.435. The number of pyridine rings is 2. The monoisotopic (exact) mass is 410 g/mol. The van der Waals surface area contributed by atoms with Crippen molar-refractivity contribution in [3.8, 4) is 0 Å². The van der Waals surface area contributed by atoms with E-state index in [1.807, 2.05) is 13.0 Å². The first-order chi connectivity index (χ1) is 13.9. The van der Waals surface area contributed by atoms with E-state index in [1.165, 1.54) is 5.69 Å². The molecule has 3 aromatic rings. The van der Waals surface area contributed by atoms with E-state index in [2.05, 4.69) is 40.8 Å². The molecule has 4 heterocycles. The van der Waals surface area contributed by atoms with Crippen LogP contribution in [0.3, 0.4) is 0 Å². The van der Waals surface area contributed by atoms with Gasteiger partial charge >= 0.3 is 0 Å². The Morgan fingerprint density at radius 2 is 1.97 bits per heavy atom. The number of hydrogen-bond acceptors (Lipinski definition) is 3. The highest BCUT2D eigenvalue weighted by molar-refractivity contribution is 6.29. The molecule has 0 spiro atoms. The summed E-state index contributed by atoms with van der Waals surface area (Å²) in [4.78, 5) is 22.3. The topological polar surface area (TPSA) is 59.8 Å². The summed E-state index contributed by atoms with van der Waals surface area (Å²) >= 11 is 6.09. The molecule has 1 amide bonds. The van der Waals surface area contributed by atoms with Crippen LogP contribution in [0.1, 0.15) is 79.4 Å². The maximum atomic E-state index is 12.9. The summed E-state index contributed by atoms with van der Waals surface area (Å²) in [6.45, 7) is 7.36. The van der Waals surface area contributed by atoms with Crippen molar-refractivity contribution < 1.29 is 4.79 Å². The van der Waals surface area contributed by atoms with Gasteiger partial charge in [0.05, 0.1) is 23.0 Å². The first-order valence-corrected chi connectivity index (χ1v) is 10.8. The summed E-state index contributed by atoms with van der Waals surface area (Å²) in [6, 6.07) is 9.62. The minimum Gasteiger partial charge on any atom is -0.344 e. The highest BCUT2D eigenvalue weighted by Gasteiger charge is 2.19. The molecule has 0 saturated carbocycles. The van der Waals surface area contributed by atoms with Crippen LogP contribution in [0.2, 0.25) is 5.15 Å². The average Bonchev–Trinajstić information content (AvgIpc) is 3.05. The number of rotatable bonds is 1. The van der Waals surface area contributed by atoms with Gasteiger partial charge in [0.2, 0.25) is 0 Å². The van der Waals surface area contributed by atoms with Gasteiger partial charge in [-0.1, -0.05) is 31.9 Å². The van der Waals surface area contributed by atoms with Crippen molar-refractivity contribution >= 4 is 28.5 Å². The number of halogens is 1. The molecule has 0 radical (unpaired) electrons. The van der Waals surface area contributed by atoms with Crippen LogP contribution in [-0.4, -0.2) is 20.4 Å². The highest BCUT2D eigenvalue weighted by Crippen LogP contribution is 2.27. The Kier molecular flexibility index (Phi) is 5.59. The Labute approximate surface area is 176 Å². The predicted octanol–water partition coefficient (Wildman–Crippen LogP) is 5.43. The first-order valence-electron chi connectivity index (χ1n) is 10.4. The Balaban J connectivity index is 1.76. The summed E-state index contributed by atoms with van der Waals surface area (Å²) in [6.07, 6.45) is 3.84. The number of nitrogens with zero attached hydrogens (tertiary/aromatic N) is 3. The SMILES string of the molecule is CC(C)c1cc2ccc3nc2n1CCCCCc1nc(Cl)ccc1C(=O)NC3C. The number of aryl methyl sites for hydroxylation is 2. The third-order valence-electron chi connectivity index (χ3n) is 5.66. The zero-order chi connectivity index (χ0) is 20.5. The quantitative estimate of drug-likeness (QED) is 0.544. The molecule has 0 saturated heterocycles. The number of carbonyl (C=O) groups is 1. The number of aromatic nitrogens is 3. The molecular weight excluding hydrogens is 384 g/mol.